The molecule has 0 amide bonds. The van der Waals surface area contributed by atoms with Gasteiger partial charge in [0.25, 0.3) is 0 Å². The molecule has 1 aliphatic heterocycles. The molecule has 2 N–H and O–H groups in total. The number of thiazole rings is 1. The van der Waals surface area contributed by atoms with Gasteiger partial charge in [-0.3, -0.25) is 4.90 Å². The Morgan fingerprint density at radius 1 is 1.50 bits per heavy atom. The molecule has 16 heavy (non-hydrogen) atoms. The Labute approximate surface area is 102 Å². The molecule has 1 saturated heterocycles. The largest absolute Gasteiger partial charge is 0.322 e. The van der Waals surface area contributed by atoms with Gasteiger partial charge in [-0.05, 0) is 18.8 Å². The molecule has 0 aromatic carbocycles. The van der Waals surface area contributed by atoms with Crippen LogP contribution in [0.4, 0.5) is 0 Å². The second kappa shape index (κ2) is 4.82. The van der Waals surface area contributed by atoms with Gasteiger partial charge in [-0.1, -0.05) is 13.8 Å². The quantitative estimate of drug-likeness (QED) is 0.879. The Bertz CT molecular complexity index is 338. The van der Waals surface area contributed by atoms with Crippen LogP contribution in [0.15, 0.2) is 5.38 Å². The summed E-state index contributed by atoms with van der Waals surface area (Å²) >= 11 is 1.68. The van der Waals surface area contributed by atoms with Gasteiger partial charge < -0.3 is 5.73 Å². The van der Waals surface area contributed by atoms with Crippen molar-refractivity contribution in [1.82, 2.24) is 9.88 Å². The SMILES string of the molecule is CC(N)c1nc(CN2CC(C)C(C)C2)cs1. The number of aromatic nitrogens is 1. The Balaban J connectivity index is 1.94. The predicted octanol–water partition coefficient (Wildman–Crippen LogP) is 2.25. The molecule has 1 aliphatic rings. The number of rotatable bonds is 3. The highest BCUT2D eigenvalue weighted by Crippen LogP contribution is 2.24. The highest BCUT2D eigenvalue weighted by Gasteiger charge is 2.26. The minimum absolute atomic E-state index is 0.0650. The van der Waals surface area contributed by atoms with Crippen LogP contribution >= 0.6 is 11.3 Å². The molecule has 2 rings (SSSR count). The van der Waals surface area contributed by atoms with Crippen molar-refractivity contribution in [3.05, 3.63) is 16.1 Å². The van der Waals surface area contributed by atoms with Crippen molar-refractivity contribution in [1.29, 1.82) is 0 Å². The van der Waals surface area contributed by atoms with E-state index < -0.39 is 0 Å². The molecular weight excluding hydrogens is 218 g/mol. The number of hydrogen-bond donors (Lipinski definition) is 1. The molecule has 1 aromatic heterocycles. The van der Waals surface area contributed by atoms with Crippen molar-refractivity contribution >= 4 is 11.3 Å². The van der Waals surface area contributed by atoms with Crippen molar-refractivity contribution in [2.24, 2.45) is 17.6 Å². The van der Waals surface area contributed by atoms with Crippen LogP contribution in [0.2, 0.25) is 0 Å². The molecule has 3 unspecified atom stereocenters. The third kappa shape index (κ3) is 2.62. The van der Waals surface area contributed by atoms with Crippen LogP contribution in [-0.2, 0) is 6.54 Å². The Morgan fingerprint density at radius 2 is 2.12 bits per heavy atom. The van der Waals surface area contributed by atoms with E-state index in [1.54, 1.807) is 11.3 Å². The minimum atomic E-state index is 0.0650. The van der Waals surface area contributed by atoms with E-state index in [0.29, 0.717) is 0 Å². The molecule has 3 atom stereocenters. The van der Waals surface area contributed by atoms with Gasteiger partial charge >= 0.3 is 0 Å². The first-order valence-corrected chi connectivity index (χ1v) is 6.86. The van der Waals surface area contributed by atoms with E-state index in [0.717, 1.165) is 23.4 Å². The Kier molecular flexibility index (Phi) is 3.62. The summed E-state index contributed by atoms with van der Waals surface area (Å²) in [6.07, 6.45) is 0. The average molecular weight is 239 g/mol. The van der Waals surface area contributed by atoms with E-state index in [9.17, 15) is 0 Å². The van der Waals surface area contributed by atoms with Crippen LogP contribution in [0.1, 0.15) is 37.5 Å². The van der Waals surface area contributed by atoms with Crippen LogP contribution in [0.25, 0.3) is 0 Å². The van der Waals surface area contributed by atoms with Crippen molar-refractivity contribution < 1.29 is 0 Å². The summed E-state index contributed by atoms with van der Waals surface area (Å²) in [5.41, 5.74) is 6.99. The van der Waals surface area contributed by atoms with E-state index in [2.05, 4.69) is 29.1 Å². The number of nitrogens with two attached hydrogens (primary N) is 1. The fourth-order valence-electron chi connectivity index (χ4n) is 2.21. The summed E-state index contributed by atoms with van der Waals surface area (Å²) in [6, 6.07) is 0.0650. The highest BCUT2D eigenvalue weighted by molar-refractivity contribution is 7.09. The van der Waals surface area contributed by atoms with Crippen molar-refractivity contribution in [2.45, 2.75) is 33.4 Å². The van der Waals surface area contributed by atoms with E-state index in [4.69, 9.17) is 5.73 Å². The average Bonchev–Trinajstić information content (AvgIpc) is 2.76. The third-order valence-corrected chi connectivity index (χ3v) is 4.50. The zero-order chi connectivity index (χ0) is 11.7. The maximum Gasteiger partial charge on any atom is 0.109 e. The van der Waals surface area contributed by atoms with Crippen molar-refractivity contribution in [3.63, 3.8) is 0 Å². The second-order valence-electron chi connectivity index (χ2n) is 5.11. The van der Waals surface area contributed by atoms with E-state index in [1.807, 2.05) is 6.92 Å². The van der Waals surface area contributed by atoms with Gasteiger partial charge in [0.15, 0.2) is 0 Å². The lowest BCUT2D eigenvalue weighted by atomic mass is 10.0. The fourth-order valence-corrected chi connectivity index (χ4v) is 2.98. The van der Waals surface area contributed by atoms with E-state index in [-0.39, 0.29) is 6.04 Å². The fraction of sp³-hybridized carbons (Fsp3) is 0.750. The van der Waals surface area contributed by atoms with E-state index >= 15 is 0 Å². The molecule has 90 valence electrons. The topological polar surface area (TPSA) is 42.1 Å². The zero-order valence-electron chi connectivity index (χ0n) is 10.3. The first-order chi connectivity index (χ1) is 7.56. The lowest BCUT2D eigenvalue weighted by Gasteiger charge is -2.13. The third-order valence-electron chi connectivity index (χ3n) is 3.41. The van der Waals surface area contributed by atoms with Crippen molar-refractivity contribution in [2.75, 3.05) is 13.1 Å². The molecule has 2 heterocycles. The van der Waals surface area contributed by atoms with Crippen LogP contribution < -0.4 is 5.73 Å². The highest BCUT2D eigenvalue weighted by atomic mass is 32.1. The van der Waals surface area contributed by atoms with Gasteiger partial charge in [-0.25, -0.2) is 4.98 Å². The lowest BCUT2D eigenvalue weighted by molar-refractivity contribution is 0.312. The Morgan fingerprint density at radius 3 is 2.62 bits per heavy atom. The Hall–Kier alpha value is -0.450. The molecule has 0 bridgehead atoms. The first-order valence-electron chi connectivity index (χ1n) is 5.98. The van der Waals surface area contributed by atoms with Gasteiger partial charge in [0.2, 0.25) is 0 Å². The van der Waals surface area contributed by atoms with Gasteiger partial charge in [0.05, 0.1) is 11.7 Å². The number of likely N-dealkylation sites (tertiary alicyclic amines) is 1. The van der Waals surface area contributed by atoms with Crippen LogP contribution in [-0.4, -0.2) is 23.0 Å². The van der Waals surface area contributed by atoms with Crippen LogP contribution in [0, 0.1) is 11.8 Å². The molecule has 3 nitrogen and oxygen atoms in total. The molecule has 0 saturated carbocycles. The standard InChI is InChI=1S/C12H21N3S/c1-8-4-15(5-9(8)2)6-11-7-16-12(14-11)10(3)13/h7-10H,4-6,13H2,1-3H3. The lowest BCUT2D eigenvalue weighted by Crippen LogP contribution is -2.20. The number of nitrogens with zero attached hydrogens (tertiary/aromatic N) is 2. The van der Waals surface area contributed by atoms with Gasteiger partial charge in [0.1, 0.15) is 5.01 Å². The summed E-state index contributed by atoms with van der Waals surface area (Å²) in [4.78, 5) is 7.07. The summed E-state index contributed by atoms with van der Waals surface area (Å²) in [6.45, 7) is 10.0. The molecule has 1 aromatic rings. The van der Waals surface area contributed by atoms with E-state index in [1.165, 1.54) is 18.8 Å². The van der Waals surface area contributed by atoms with Crippen LogP contribution in [0.3, 0.4) is 0 Å². The molecule has 0 aliphatic carbocycles. The summed E-state index contributed by atoms with van der Waals surface area (Å²) in [5, 5.41) is 3.20. The summed E-state index contributed by atoms with van der Waals surface area (Å²) in [5.74, 6) is 1.62. The smallest absolute Gasteiger partial charge is 0.109 e. The maximum atomic E-state index is 5.81. The predicted molar refractivity (Wildman–Crippen MR) is 68.3 cm³/mol. The summed E-state index contributed by atoms with van der Waals surface area (Å²) < 4.78 is 0. The molecular formula is C12H21N3S. The number of hydrogen-bond acceptors (Lipinski definition) is 4. The van der Waals surface area contributed by atoms with Gasteiger partial charge in [0, 0.05) is 25.0 Å². The van der Waals surface area contributed by atoms with Gasteiger partial charge in [-0.15, -0.1) is 11.3 Å². The normalized spacial score (nSPS) is 28.5. The van der Waals surface area contributed by atoms with Gasteiger partial charge in [-0.2, -0.15) is 0 Å². The molecule has 4 heteroatoms. The summed E-state index contributed by atoms with van der Waals surface area (Å²) in [7, 11) is 0. The molecule has 0 spiro atoms. The van der Waals surface area contributed by atoms with Crippen LogP contribution in [0.5, 0.6) is 0 Å². The second-order valence-corrected chi connectivity index (χ2v) is 6.00. The maximum absolute atomic E-state index is 5.81. The minimum Gasteiger partial charge on any atom is -0.322 e. The zero-order valence-corrected chi connectivity index (χ0v) is 11.1. The molecule has 1 fully saturated rings. The molecule has 0 radical (unpaired) electrons. The van der Waals surface area contributed by atoms with Crippen molar-refractivity contribution in [3.8, 4) is 0 Å². The first kappa shape index (κ1) is 12.0. The monoisotopic (exact) mass is 239 g/mol.